The summed E-state index contributed by atoms with van der Waals surface area (Å²) in [6.07, 6.45) is 5.45. The predicted octanol–water partition coefficient (Wildman–Crippen LogP) is 3.31. The zero-order chi connectivity index (χ0) is 21.2. The lowest BCUT2D eigenvalue weighted by atomic mass is 9.81. The highest BCUT2D eigenvalue weighted by atomic mass is 19.1. The number of benzene rings is 1. The first-order valence-corrected chi connectivity index (χ1v) is 10.6. The van der Waals surface area contributed by atoms with Gasteiger partial charge in [0.05, 0.1) is 11.2 Å². The van der Waals surface area contributed by atoms with Crippen molar-refractivity contribution in [1.29, 1.82) is 0 Å². The van der Waals surface area contributed by atoms with Crippen LogP contribution in [0.2, 0.25) is 0 Å². The van der Waals surface area contributed by atoms with Gasteiger partial charge in [0.2, 0.25) is 5.43 Å². The molecule has 1 aromatic carbocycles. The zero-order valence-electron chi connectivity index (χ0n) is 17.2. The molecule has 2 heterocycles. The van der Waals surface area contributed by atoms with Crippen molar-refractivity contribution in [2.24, 2.45) is 5.92 Å². The lowest BCUT2D eigenvalue weighted by Crippen LogP contribution is -2.38. The third kappa shape index (κ3) is 2.95. The number of aromatic nitrogens is 1. The van der Waals surface area contributed by atoms with Crippen molar-refractivity contribution in [3.8, 4) is 0 Å². The summed E-state index contributed by atoms with van der Waals surface area (Å²) in [4.78, 5) is 26.3. The highest BCUT2D eigenvalue weighted by Crippen LogP contribution is 2.41. The van der Waals surface area contributed by atoms with Crippen LogP contribution in [0, 0.1) is 11.7 Å². The Hall–Kier alpha value is -2.67. The van der Waals surface area contributed by atoms with E-state index >= 15 is 4.39 Å². The molecule has 0 amide bonds. The second kappa shape index (κ2) is 6.94. The molecule has 1 aliphatic heterocycles. The fraction of sp³-hybridized carbons (Fsp3) is 0.478. The van der Waals surface area contributed by atoms with Gasteiger partial charge in [0, 0.05) is 42.7 Å². The Balaban J connectivity index is 1.63. The number of nitrogens with zero attached hydrogens (tertiary/aromatic N) is 2. The monoisotopic (exact) mass is 411 g/mol. The van der Waals surface area contributed by atoms with Gasteiger partial charge in [0.25, 0.3) is 0 Å². The Morgan fingerprint density at radius 3 is 2.70 bits per heavy atom. The van der Waals surface area contributed by atoms with Crippen LogP contribution in [-0.4, -0.2) is 41.8 Å². The SMILES string of the molecule is CN[C@H]1CCC(C)=C2CN(c3cc4c(cc3F)c(=O)c(C(=O)O)cn4C3CC3)C[C@@H]21. The van der Waals surface area contributed by atoms with Crippen LogP contribution in [0.15, 0.2) is 34.3 Å². The van der Waals surface area contributed by atoms with Crippen LogP contribution >= 0.6 is 0 Å². The molecule has 7 heteroatoms. The summed E-state index contributed by atoms with van der Waals surface area (Å²) in [5, 5.41) is 13.0. The van der Waals surface area contributed by atoms with Crippen molar-refractivity contribution in [1.82, 2.24) is 9.88 Å². The Labute approximate surface area is 174 Å². The molecule has 6 nitrogen and oxygen atoms in total. The quantitative estimate of drug-likeness (QED) is 0.755. The van der Waals surface area contributed by atoms with Gasteiger partial charge in [-0.15, -0.1) is 0 Å². The summed E-state index contributed by atoms with van der Waals surface area (Å²) < 4.78 is 17.1. The smallest absolute Gasteiger partial charge is 0.341 e. The number of rotatable bonds is 4. The molecule has 30 heavy (non-hydrogen) atoms. The molecule has 1 saturated carbocycles. The summed E-state index contributed by atoms with van der Waals surface area (Å²) in [5.41, 5.74) is 2.98. The van der Waals surface area contributed by atoms with E-state index in [0.717, 1.165) is 32.2 Å². The van der Waals surface area contributed by atoms with E-state index in [0.29, 0.717) is 29.7 Å². The summed E-state index contributed by atoms with van der Waals surface area (Å²) >= 11 is 0. The van der Waals surface area contributed by atoms with Crippen molar-refractivity contribution < 1.29 is 14.3 Å². The van der Waals surface area contributed by atoms with E-state index in [9.17, 15) is 14.7 Å². The zero-order valence-corrected chi connectivity index (χ0v) is 17.2. The van der Waals surface area contributed by atoms with Crippen LogP contribution in [0.5, 0.6) is 0 Å². The van der Waals surface area contributed by atoms with E-state index in [1.165, 1.54) is 23.4 Å². The second-order valence-electron chi connectivity index (χ2n) is 8.86. The minimum Gasteiger partial charge on any atom is -0.477 e. The molecule has 0 unspecified atom stereocenters. The van der Waals surface area contributed by atoms with E-state index < -0.39 is 17.2 Å². The first-order chi connectivity index (χ1) is 14.4. The molecule has 158 valence electrons. The van der Waals surface area contributed by atoms with Gasteiger partial charge in [-0.25, -0.2) is 9.18 Å². The molecule has 5 rings (SSSR count). The lowest BCUT2D eigenvalue weighted by Gasteiger charge is -2.29. The molecule has 1 aromatic heterocycles. The number of anilines is 1. The minimum absolute atomic E-state index is 0.142. The maximum atomic E-state index is 15.2. The number of carboxylic acids is 1. The average Bonchev–Trinajstić information content (AvgIpc) is 3.46. The van der Waals surface area contributed by atoms with Crippen molar-refractivity contribution in [2.45, 2.75) is 44.7 Å². The van der Waals surface area contributed by atoms with Gasteiger partial charge in [0.1, 0.15) is 11.4 Å². The number of carbonyl (C=O) groups is 1. The number of allylic oxidation sites excluding steroid dienone is 1. The van der Waals surface area contributed by atoms with Crippen molar-refractivity contribution in [2.75, 3.05) is 25.0 Å². The normalized spacial score (nSPS) is 23.9. The van der Waals surface area contributed by atoms with Crippen molar-refractivity contribution >= 4 is 22.6 Å². The number of halogens is 1. The van der Waals surface area contributed by atoms with Crippen molar-refractivity contribution in [3.63, 3.8) is 0 Å². The van der Waals surface area contributed by atoms with E-state index in [2.05, 4.69) is 17.1 Å². The predicted molar refractivity (Wildman–Crippen MR) is 114 cm³/mol. The van der Waals surface area contributed by atoms with Gasteiger partial charge < -0.3 is 19.9 Å². The van der Waals surface area contributed by atoms with E-state index in [-0.39, 0.29) is 17.0 Å². The molecule has 3 aliphatic rings. The summed E-state index contributed by atoms with van der Waals surface area (Å²) in [6, 6.07) is 3.54. The van der Waals surface area contributed by atoms with Crippen LogP contribution in [-0.2, 0) is 0 Å². The Kier molecular flexibility index (Phi) is 4.47. The fourth-order valence-corrected chi connectivity index (χ4v) is 5.23. The number of nitrogens with one attached hydrogen (secondary N) is 1. The van der Waals surface area contributed by atoms with Gasteiger partial charge >= 0.3 is 5.97 Å². The number of aromatic carboxylic acids is 1. The van der Waals surface area contributed by atoms with Gasteiger partial charge in [-0.1, -0.05) is 5.57 Å². The molecule has 2 fully saturated rings. The van der Waals surface area contributed by atoms with Crippen LogP contribution < -0.4 is 15.6 Å². The molecule has 2 atom stereocenters. The molecular formula is C23H26FN3O3. The van der Waals surface area contributed by atoms with Gasteiger partial charge in [-0.2, -0.15) is 0 Å². The fourth-order valence-electron chi connectivity index (χ4n) is 5.23. The summed E-state index contributed by atoms with van der Waals surface area (Å²) in [5.74, 6) is -1.38. The topological polar surface area (TPSA) is 74.6 Å². The van der Waals surface area contributed by atoms with Gasteiger partial charge in [0.15, 0.2) is 0 Å². The molecule has 0 spiro atoms. The molecule has 1 saturated heterocycles. The number of pyridine rings is 1. The maximum absolute atomic E-state index is 15.2. The van der Waals surface area contributed by atoms with Crippen LogP contribution in [0.1, 0.15) is 49.0 Å². The molecule has 2 N–H and O–H groups in total. The lowest BCUT2D eigenvalue weighted by molar-refractivity contribution is 0.0695. The summed E-state index contributed by atoms with van der Waals surface area (Å²) in [7, 11) is 1.98. The van der Waals surface area contributed by atoms with Crippen LogP contribution in [0.25, 0.3) is 10.9 Å². The third-order valence-corrected chi connectivity index (χ3v) is 7.07. The second-order valence-corrected chi connectivity index (χ2v) is 8.86. The van der Waals surface area contributed by atoms with Crippen LogP contribution in [0.3, 0.4) is 0 Å². The molecular weight excluding hydrogens is 385 g/mol. The van der Waals surface area contributed by atoms with Crippen molar-refractivity contribution in [3.05, 3.63) is 51.1 Å². The van der Waals surface area contributed by atoms with E-state index in [1.807, 2.05) is 11.6 Å². The first kappa shape index (κ1) is 19.3. The minimum atomic E-state index is -1.27. The maximum Gasteiger partial charge on any atom is 0.341 e. The third-order valence-electron chi connectivity index (χ3n) is 7.07. The van der Waals surface area contributed by atoms with E-state index in [4.69, 9.17) is 0 Å². The standard InChI is InChI=1S/C23H26FN3O3/c1-12-3-6-19(25-2)16-10-26(9-15(12)16)21-8-20-14(7-18(21)24)22(28)17(23(29)30)11-27(20)13-4-5-13/h7-8,11,13,16,19,25H,3-6,9-10H2,1-2H3,(H,29,30)/t16-,19-/m0/s1. The number of carboxylic acid groups (broad SMARTS) is 1. The first-order valence-electron chi connectivity index (χ1n) is 10.6. The van der Waals surface area contributed by atoms with Gasteiger partial charge in [-0.05, 0) is 57.4 Å². The molecule has 2 aliphatic carbocycles. The largest absolute Gasteiger partial charge is 0.477 e. The summed E-state index contributed by atoms with van der Waals surface area (Å²) in [6.45, 7) is 3.60. The highest BCUT2D eigenvalue weighted by molar-refractivity contribution is 5.93. The molecule has 0 radical (unpaired) electrons. The number of hydrogen-bond acceptors (Lipinski definition) is 4. The van der Waals surface area contributed by atoms with Crippen LogP contribution in [0.4, 0.5) is 10.1 Å². The van der Waals surface area contributed by atoms with Gasteiger partial charge in [-0.3, -0.25) is 4.79 Å². The highest BCUT2D eigenvalue weighted by Gasteiger charge is 2.38. The molecule has 2 aromatic rings. The van der Waals surface area contributed by atoms with E-state index in [1.54, 1.807) is 6.07 Å². The number of hydrogen-bond donors (Lipinski definition) is 2. The average molecular weight is 411 g/mol. The Morgan fingerprint density at radius 2 is 2.03 bits per heavy atom. The Bertz CT molecular complexity index is 1150. The number of fused-ring (bicyclic) bond motifs is 2. The Morgan fingerprint density at radius 1 is 1.27 bits per heavy atom. The molecule has 0 bridgehead atoms.